The number of nitrogens with one attached hydrogen (secondary N) is 1. The predicted molar refractivity (Wildman–Crippen MR) is 104 cm³/mol. The van der Waals surface area contributed by atoms with Gasteiger partial charge in [-0.1, -0.05) is 15.9 Å². The molecule has 0 bridgehead atoms. The molecule has 0 aliphatic carbocycles. The molecule has 1 aliphatic heterocycles. The minimum absolute atomic E-state index is 0.204. The van der Waals surface area contributed by atoms with Crippen LogP contribution in [0.1, 0.15) is 27.9 Å². The summed E-state index contributed by atoms with van der Waals surface area (Å²) in [7, 11) is -3.30. The van der Waals surface area contributed by atoms with Gasteiger partial charge in [0.25, 0.3) is 5.91 Å². The molecule has 0 radical (unpaired) electrons. The topological polar surface area (TPSA) is 66.5 Å². The van der Waals surface area contributed by atoms with Crippen molar-refractivity contribution in [3.8, 4) is 0 Å². The SMILES string of the molecule is Cc1cc(Br)ccc1NC(=O)c1ccc2c(c1)CCCN2S(C)(=O)=O. The Labute approximate surface area is 156 Å². The Hall–Kier alpha value is -1.86. The molecule has 1 amide bonds. The van der Waals surface area contributed by atoms with Crippen LogP contribution in [0.15, 0.2) is 40.9 Å². The molecule has 0 spiro atoms. The molecular weight excluding hydrogens is 404 g/mol. The third-order valence-electron chi connectivity index (χ3n) is 4.25. The van der Waals surface area contributed by atoms with Crippen LogP contribution in [0.3, 0.4) is 0 Å². The first-order valence-corrected chi connectivity index (χ1v) is 10.6. The molecule has 0 unspecified atom stereocenters. The number of carbonyl (C=O) groups excluding carboxylic acids is 1. The Kier molecular flexibility index (Phi) is 4.88. The van der Waals surface area contributed by atoms with E-state index in [0.29, 0.717) is 17.8 Å². The van der Waals surface area contributed by atoms with Crippen LogP contribution in [-0.4, -0.2) is 27.1 Å². The predicted octanol–water partition coefficient (Wildman–Crippen LogP) is 3.72. The Morgan fingerprint density at radius 3 is 2.64 bits per heavy atom. The third kappa shape index (κ3) is 3.88. The van der Waals surface area contributed by atoms with Crippen LogP contribution in [0.25, 0.3) is 0 Å². The number of rotatable bonds is 3. The van der Waals surface area contributed by atoms with E-state index >= 15 is 0 Å². The number of carbonyl (C=O) groups is 1. The summed E-state index contributed by atoms with van der Waals surface area (Å²) >= 11 is 3.40. The van der Waals surface area contributed by atoms with Crippen molar-refractivity contribution in [1.82, 2.24) is 0 Å². The van der Waals surface area contributed by atoms with Crippen molar-refractivity contribution in [3.05, 3.63) is 57.6 Å². The highest BCUT2D eigenvalue weighted by atomic mass is 79.9. The van der Waals surface area contributed by atoms with Gasteiger partial charge < -0.3 is 5.32 Å². The lowest BCUT2D eigenvalue weighted by atomic mass is 10.0. The van der Waals surface area contributed by atoms with Crippen LogP contribution in [0, 0.1) is 6.92 Å². The first-order valence-electron chi connectivity index (χ1n) is 7.94. The summed E-state index contributed by atoms with van der Waals surface area (Å²) in [6, 6.07) is 10.8. The molecule has 3 rings (SSSR count). The molecule has 5 nitrogen and oxygen atoms in total. The number of nitrogens with zero attached hydrogens (tertiary/aromatic N) is 1. The molecule has 25 heavy (non-hydrogen) atoms. The normalized spacial score (nSPS) is 14.1. The highest BCUT2D eigenvalue weighted by Crippen LogP contribution is 2.30. The van der Waals surface area contributed by atoms with Crippen molar-refractivity contribution >= 4 is 43.2 Å². The fourth-order valence-corrected chi connectivity index (χ4v) is 4.48. The molecule has 2 aromatic carbocycles. The van der Waals surface area contributed by atoms with E-state index in [2.05, 4.69) is 21.2 Å². The van der Waals surface area contributed by atoms with Gasteiger partial charge in [-0.15, -0.1) is 0 Å². The van der Waals surface area contributed by atoms with Crippen LogP contribution in [-0.2, 0) is 16.4 Å². The van der Waals surface area contributed by atoms with E-state index in [1.54, 1.807) is 18.2 Å². The maximum atomic E-state index is 12.6. The first-order chi connectivity index (χ1) is 11.8. The third-order valence-corrected chi connectivity index (χ3v) is 5.93. The first kappa shape index (κ1) is 17.9. The maximum Gasteiger partial charge on any atom is 0.255 e. The molecular formula is C18H19BrN2O3S. The van der Waals surface area contributed by atoms with Gasteiger partial charge >= 0.3 is 0 Å². The van der Waals surface area contributed by atoms with Gasteiger partial charge in [-0.3, -0.25) is 9.10 Å². The molecule has 0 saturated carbocycles. The second kappa shape index (κ2) is 6.80. The van der Waals surface area contributed by atoms with Crippen molar-refractivity contribution in [3.63, 3.8) is 0 Å². The molecule has 7 heteroatoms. The highest BCUT2D eigenvalue weighted by Gasteiger charge is 2.24. The smallest absolute Gasteiger partial charge is 0.255 e. The van der Waals surface area contributed by atoms with E-state index < -0.39 is 10.0 Å². The maximum absolute atomic E-state index is 12.6. The lowest BCUT2D eigenvalue weighted by Crippen LogP contribution is -2.34. The second-order valence-electron chi connectivity index (χ2n) is 6.20. The number of amides is 1. The summed E-state index contributed by atoms with van der Waals surface area (Å²) < 4.78 is 26.2. The van der Waals surface area contributed by atoms with E-state index in [9.17, 15) is 13.2 Å². The van der Waals surface area contributed by atoms with Gasteiger partial charge in [0.2, 0.25) is 10.0 Å². The van der Waals surface area contributed by atoms with Gasteiger partial charge in [-0.05, 0) is 67.3 Å². The Morgan fingerprint density at radius 2 is 1.96 bits per heavy atom. The standard InChI is InChI=1S/C18H19BrN2O3S/c1-12-10-15(19)6-7-16(12)20-18(22)14-5-8-17-13(11-14)4-3-9-21(17)25(2,23)24/h5-8,10-11H,3-4,9H2,1-2H3,(H,20,22). The van der Waals surface area contributed by atoms with Crippen molar-refractivity contribution in [2.45, 2.75) is 19.8 Å². The van der Waals surface area contributed by atoms with Gasteiger partial charge in [0.1, 0.15) is 0 Å². The molecule has 2 aromatic rings. The number of hydrogen-bond donors (Lipinski definition) is 1. The Balaban J connectivity index is 1.88. The minimum Gasteiger partial charge on any atom is -0.322 e. The Morgan fingerprint density at radius 1 is 1.20 bits per heavy atom. The molecule has 1 heterocycles. The summed E-state index contributed by atoms with van der Waals surface area (Å²) in [6.07, 6.45) is 2.72. The molecule has 0 saturated heterocycles. The lowest BCUT2D eigenvalue weighted by Gasteiger charge is -2.29. The summed E-state index contributed by atoms with van der Waals surface area (Å²) in [4.78, 5) is 12.6. The van der Waals surface area contributed by atoms with Gasteiger partial charge in [-0.2, -0.15) is 0 Å². The van der Waals surface area contributed by atoms with Crippen LogP contribution in [0.4, 0.5) is 11.4 Å². The number of aryl methyl sites for hydroxylation is 2. The van der Waals surface area contributed by atoms with E-state index in [1.807, 2.05) is 25.1 Å². The molecule has 0 aromatic heterocycles. The van der Waals surface area contributed by atoms with Crippen molar-refractivity contribution in [1.29, 1.82) is 0 Å². The summed E-state index contributed by atoms with van der Waals surface area (Å²) in [6.45, 7) is 2.41. The van der Waals surface area contributed by atoms with Crippen LogP contribution in [0.2, 0.25) is 0 Å². The highest BCUT2D eigenvalue weighted by molar-refractivity contribution is 9.10. The fraction of sp³-hybridized carbons (Fsp3) is 0.278. The Bertz CT molecular complexity index is 941. The van der Waals surface area contributed by atoms with Gasteiger partial charge in [-0.25, -0.2) is 8.42 Å². The summed E-state index contributed by atoms with van der Waals surface area (Å²) in [5, 5.41) is 2.91. The molecule has 132 valence electrons. The number of fused-ring (bicyclic) bond motifs is 1. The van der Waals surface area contributed by atoms with E-state index in [4.69, 9.17) is 0 Å². The average Bonchev–Trinajstić information content (AvgIpc) is 2.55. The quantitative estimate of drug-likeness (QED) is 0.819. The van der Waals surface area contributed by atoms with Crippen LogP contribution >= 0.6 is 15.9 Å². The van der Waals surface area contributed by atoms with E-state index in [0.717, 1.165) is 34.1 Å². The number of halogens is 1. The monoisotopic (exact) mass is 422 g/mol. The number of anilines is 2. The number of benzene rings is 2. The zero-order valence-corrected chi connectivity index (χ0v) is 16.4. The number of hydrogen-bond acceptors (Lipinski definition) is 3. The van der Waals surface area contributed by atoms with Gasteiger partial charge in [0.15, 0.2) is 0 Å². The van der Waals surface area contributed by atoms with Gasteiger partial charge in [0.05, 0.1) is 11.9 Å². The average molecular weight is 423 g/mol. The number of sulfonamides is 1. The van der Waals surface area contributed by atoms with Crippen LogP contribution in [0.5, 0.6) is 0 Å². The molecule has 0 fully saturated rings. The fourth-order valence-electron chi connectivity index (χ4n) is 3.01. The van der Waals surface area contributed by atoms with Crippen molar-refractivity contribution < 1.29 is 13.2 Å². The van der Waals surface area contributed by atoms with Crippen molar-refractivity contribution in [2.24, 2.45) is 0 Å². The zero-order chi connectivity index (χ0) is 18.2. The minimum atomic E-state index is -3.30. The van der Waals surface area contributed by atoms with Gasteiger partial charge in [0, 0.05) is 22.3 Å². The zero-order valence-electron chi connectivity index (χ0n) is 14.0. The van der Waals surface area contributed by atoms with Crippen LogP contribution < -0.4 is 9.62 Å². The lowest BCUT2D eigenvalue weighted by molar-refractivity contribution is 0.102. The largest absolute Gasteiger partial charge is 0.322 e. The second-order valence-corrected chi connectivity index (χ2v) is 9.02. The molecule has 0 atom stereocenters. The molecule has 1 N–H and O–H groups in total. The van der Waals surface area contributed by atoms with E-state index in [-0.39, 0.29) is 5.91 Å². The van der Waals surface area contributed by atoms with E-state index in [1.165, 1.54) is 10.6 Å². The molecule has 1 aliphatic rings. The summed E-state index contributed by atoms with van der Waals surface area (Å²) in [5.41, 5.74) is 3.80. The summed E-state index contributed by atoms with van der Waals surface area (Å²) in [5.74, 6) is -0.204. The van der Waals surface area contributed by atoms with Crippen molar-refractivity contribution in [2.75, 3.05) is 22.4 Å².